The summed E-state index contributed by atoms with van der Waals surface area (Å²) in [5.41, 5.74) is 0. The predicted molar refractivity (Wildman–Crippen MR) is 61.8 cm³/mol. The van der Waals surface area contributed by atoms with Crippen molar-refractivity contribution in [1.82, 2.24) is 9.97 Å². The van der Waals surface area contributed by atoms with Crippen molar-refractivity contribution in [1.29, 1.82) is 0 Å². The van der Waals surface area contributed by atoms with Gasteiger partial charge in [-0.3, -0.25) is 4.98 Å². The maximum absolute atomic E-state index is 3.78. The Morgan fingerprint density at radius 1 is 0.733 bits per heavy atom. The van der Waals surface area contributed by atoms with Gasteiger partial charge in [-0.2, -0.15) is 18.2 Å². The number of hydrogen-bond donors (Lipinski definition) is 0. The minimum atomic E-state index is 0. The molecule has 0 saturated carbocycles. The normalized spacial score (nSPS) is 6.40. The predicted octanol–water partition coefficient (Wildman–Crippen LogP) is 2.80. The first kappa shape index (κ1) is 19.9. The molecule has 15 heavy (non-hydrogen) atoms. The molecule has 2 nitrogen and oxygen atoms in total. The molecule has 0 aliphatic rings. The summed E-state index contributed by atoms with van der Waals surface area (Å²) >= 11 is 0. The van der Waals surface area contributed by atoms with Gasteiger partial charge in [0.2, 0.25) is 0 Å². The molecular formula is C10H11Cl2CrN2-. The number of nitrogens with zero attached hydrogens (tertiary/aromatic N) is 2. The Kier molecular flexibility index (Phi) is 21.1. The van der Waals surface area contributed by atoms with Crippen molar-refractivity contribution in [2.24, 2.45) is 0 Å². The summed E-state index contributed by atoms with van der Waals surface area (Å²) in [5, 5.41) is 0. The Labute approximate surface area is 113 Å². The molecule has 0 unspecified atom stereocenters. The van der Waals surface area contributed by atoms with Gasteiger partial charge in [-0.15, -0.1) is 24.8 Å². The quantitative estimate of drug-likeness (QED) is 0.694. The molecule has 82 valence electrons. The van der Waals surface area contributed by atoms with Crippen LogP contribution in [-0.2, 0) is 17.4 Å². The smallest absolute Gasteiger partial charge is 0.0267 e. The van der Waals surface area contributed by atoms with Crippen molar-refractivity contribution in [3.8, 4) is 0 Å². The van der Waals surface area contributed by atoms with Crippen molar-refractivity contribution in [2.45, 2.75) is 0 Å². The van der Waals surface area contributed by atoms with Gasteiger partial charge in [-0.25, -0.2) is 0 Å². The second kappa shape index (κ2) is 15.9. The molecule has 5 heteroatoms. The van der Waals surface area contributed by atoms with Crippen LogP contribution in [-0.4, -0.2) is 9.97 Å². The fourth-order valence-electron chi connectivity index (χ4n) is 0.590. The van der Waals surface area contributed by atoms with Crippen LogP contribution in [0.15, 0.2) is 55.0 Å². The van der Waals surface area contributed by atoms with E-state index in [0.717, 1.165) is 0 Å². The second-order valence-corrected chi connectivity index (χ2v) is 1.98. The van der Waals surface area contributed by atoms with E-state index in [1.54, 1.807) is 24.7 Å². The third kappa shape index (κ3) is 13.4. The molecule has 0 aliphatic heterocycles. The van der Waals surface area contributed by atoms with Crippen LogP contribution >= 0.6 is 24.8 Å². The van der Waals surface area contributed by atoms with Crippen LogP contribution in [0.25, 0.3) is 0 Å². The van der Waals surface area contributed by atoms with Crippen LogP contribution in [0, 0.1) is 6.20 Å². The molecule has 2 aromatic heterocycles. The molecule has 0 N–H and O–H groups in total. The fraction of sp³-hybridized carbons (Fsp3) is 0. The fourth-order valence-corrected chi connectivity index (χ4v) is 0.590. The minimum absolute atomic E-state index is 0. The molecule has 0 saturated heterocycles. The number of rotatable bonds is 0. The van der Waals surface area contributed by atoms with Gasteiger partial charge in [-0.1, -0.05) is 18.5 Å². The largest absolute Gasteiger partial charge is 0.394 e. The molecule has 0 spiro atoms. The molecule has 0 aliphatic carbocycles. The van der Waals surface area contributed by atoms with Crippen LogP contribution in [0.1, 0.15) is 0 Å². The van der Waals surface area contributed by atoms with E-state index >= 15 is 0 Å². The van der Waals surface area contributed by atoms with Gasteiger partial charge >= 0.3 is 0 Å². The summed E-state index contributed by atoms with van der Waals surface area (Å²) in [6, 6.07) is 11.2. The van der Waals surface area contributed by atoms with E-state index in [4.69, 9.17) is 0 Å². The van der Waals surface area contributed by atoms with E-state index in [-0.39, 0.29) is 42.2 Å². The van der Waals surface area contributed by atoms with Crippen LogP contribution in [0.3, 0.4) is 0 Å². The van der Waals surface area contributed by atoms with Gasteiger partial charge in [0.25, 0.3) is 0 Å². The standard InChI is InChI=1S/C5H5N.C5H4N.2ClH.Cr/c2*1-2-4-6-5-3-1;;;/h1-5H;1-4H;2*1H;/q;-1;;;. The third-order valence-electron chi connectivity index (χ3n) is 1.08. The van der Waals surface area contributed by atoms with Crippen molar-refractivity contribution in [3.05, 3.63) is 61.2 Å². The van der Waals surface area contributed by atoms with Crippen LogP contribution in [0.5, 0.6) is 0 Å². The van der Waals surface area contributed by atoms with E-state index in [9.17, 15) is 0 Å². The van der Waals surface area contributed by atoms with Gasteiger partial charge in [0.05, 0.1) is 0 Å². The topological polar surface area (TPSA) is 25.8 Å². The summed E-state index contributed by atoms with van der Waals surface area (Å²) in [6.45, 7) is 0. The Morgan fingerprint density at radius 3 is 1.47 bits per heavy atom. The maximum atomic E-state index is 3.78. The first-order chi connectivity index (χ1) is 6.00. The van der Waals surface area contributed by atoms with E-state index < -0.39 is 0 Å². The second-order valence-electron chi connectivity index (χ2n) is 1.98. The summed E-state index contributed by atoms with van der Waals surface area (Å²) < 4.78 is 0. The molecule has 0 radical (unpaired) electrons. The van der Waals surface area contributed by atoms with Crippen LogP contribution in [0.4, 0.5) is 0 Å². The van der Waals surface area contributed by atoms with Crippen LogP contribution < -0.4 is 0 Å². The number of aromatic nitrogens is 2. The Bertz CT molecular complexity index is 197. The Balaban J connectivity index is -0.000000160. The Hall–Kier alpha value is -0.588. The van der Waals surface area contributed by atoms with Gasteiger partial charge in [0, 0.05) is 29.8 Å². The van der Waals surface area contributed by atoms with Crippen molar-refractivity contribution < 1.29 is 17.4 Å². The van der Waals surface area contributed by atoms with E-state index in [1.807, 2.05) is 30.3 Å². The Morgan fingerprint density at radius 2 is 1.33 bits per heavy atom. The van der Waals surface area contributed by atoms with Crippen molar-refractivity contribution in [3.63, 3.8) is 0 Å². The third-order valence-corrected chi connectivity index (χ3v) is 1.08. The monoisotopic (exact) mass is 281 g/mol. The zero-order valence-electron chi connectivity index (χ0n) is 7.82. The molecule has 0 bridgehead atoms. The summed E-state index contributed by atoms with van der Waals surface area (Å²) in [6.07, 6.45) is 7.84. The maximum Gasteiger partial charge on any atom is 0.0267 e. The molecule has 0 amide bonds. The SMILES string of the molecule is Cl.Cl.[Cr].[c-]1ccccn1.c1ccncc1. The summed E-state index contributed by atoms with van der Waals surface area (Å²) in [5.74, 6) is 0. The zero-order chi connectivity index (χ0) is 8.49. The molecule has 2 rings (SSSR count). The molecule has 0 atom stereocenters. The van der Waals surface area contributed by atoms with E-state index in [2.05, 4.69) is 16.2 Å². The van der Waals surface area contributed by atoms with Crippen molar-refractivity contribution in [2.75, 3.05) is 0 Å². The van der Waals surface area contributed by atoms with Crippen LogP contribution in [0.2, 0.25) is 0 Å². The first-order valence-electron chi connectivity index (χ1n) is 3.62. The first-order valence-corrected chi connectivity index (χ1v) is 3.62. The molecule has 0 fully saturated rings. The molecule has 0 aromatic carbocycles. The number of hydrogen-bond acceptors (Lipinski definition) is 2. The number of pyridine rings is 2. The van der Waals surface area contributed by atoms with Gasteiger partial charge in [-0.05, 0) is 12.1 Å². The average molecular weight is 282 g/mol. The van der Waals surface area contributed by atoms with E-state index in [1.165, 1.54) is 0 Å². The van der Waals surface area contributed by atoms with Gasteiger partial charge < -0.3 is 4.98 Å². The summed E-state index contributed by atoms with van der Waals surface area (Å²) in [7, 11) is 0. The zero-order valence-corrected chi connectivity index (χ0v) is 10.7. The molecule has 2 aromatic rings. The van der Waals surface area contributed by atoms with Gasteiger partial charge in [0.15, 0.2) is 0 Å². The van der Waals surface area contributed by atoms with E-state index in [0.29, 0.717) is 0 Å². The van der Waals surface area contributed by atoms with Gasteiger partial charge in [0.1, 0.15) is 0 Å². The van der Waals surface area contributed by atoms with Crippen molar-refractivity contribution >= 4 is 24.8 Å². The minimum Gasteiger partial charge on any atom is -0.394 e. The number of halogens is 2. The average Bonchev–Trinajstić information content (AvgIpc) is 2.24. The summed E-state index contributed by atoms with van der Waals surface area (Å²) in [4.78, 5) is 7.44. The molecular weight excluding hydrogens is 271 g/mol. The molecule has 2 heterocycles.